The molecule has 0 aliphatic heterocycles. The molecule has 0 fully saturated rings. The summed E-state index contributed by atoms with van der Waals surface area (Å²) < 4.78 is 1.73. The molecule has 2 heterocycles. The maximum Gasteiger partial charge on any atom is 0.227 e. The van der Waals surface area contributed by atoms with E-state index in [4.69, 9.17) is 0 Å². The summed E-state index contributed by atoms with van der Waals surface area (Å²) in [5, 5.41) is 6.78. The minimum absolute atomic E-state index is 0.0569. The molecule has 0 spiro atoms. The summed E-state index contributed by atoms with van der Waals surface area (Å²) in [4.78, 5) is 15.7. The molecule has 17 heavy (non-hydrogen) atoms. The van der Waals surface area contributed by atoms with E-state index in [0.29, 0.717) is 18.8 Å². The van der Waals surface area contributed by atoms with Gasteiger partial charge in [0.2, 0.25) is 5.91 Å². The van der Waals surface area contributed by atoms with Crippen molar-refractivity contribution in [1.82, 2.24) is 14.8 Å². The number of nitrogens with zero attached hydrogens (tertiary/aromatic N) is 3. The largest absolute Gasteiger partial charge is 0.311 e. The van der Waals surface area contributed by atoms with Crippen LogP contribution in [0.3, 0.4) is 0 Å². The predicted molar refractivity (Wildman–Crippen MR) is 64.4 cm³/mol. The Bertz CT molecular complexity index is 493. The Balaban J connectivity index is 1.85. The van der Waals surface area contributed by atoms with E-state index in [1.165, 1.54) is 0 Å². The third-order valence-electron chi connectivity index (χ3n) is 2.31. The summed E-state index contributed by atoms with van der Waals surface area (Å²) >= 11 is 0. The van der Waals surface area contributed by atoms with E-state index < -0.39 is 0 Å². The normalized spacial score (nSPS) is 10.2. The lowest BCUT2D eigenvalue weighted by molar-refractivity contribution is -0.116. The zero-order valence-corrected chi connectivity index (χ0v) is 9.63. The standard InChI is InChI=1S/C12H14N4O/c1-10-3-6-13-11(9-10)15-12(17)4-8-16-7-2-5-14-16/h2-3,5-7,9H,4,8H2,1H3,(H,13,15,17). The number of pyridine rings is 1. The zero-order valence-electron chi connectivity index (χ0n) is 9.63. The van der Waals surface area contributed by atoms with Gasteiger partial charge in [0.05, 0.1) is 0 Å². The molecular formula is C12H14N4O. The van der Waals surface area contributed by atoms with Crippen molar-refractivity contribution in [3.8, 4) is 0 Å². The molecule has 2 aromatic rings. The van der Waals surface area contributed by atoms with Crippen LogP contribution in [-0.4, -0.2) is 20.7 Å². The Morgan fingerprint density at radius 2 is 2.35 bits per heavy atom. The fraction of sp³-hybridized carbons (Fsp3) is 0.250. The second-order valence-corrected chi connectivity index (χ2v) is 3.79. The van der Waals surface area contributed by atoms with Crippen molar-refractivity contribution in [2.24, 2.45) is 0 Å². The number of rotatable bonds is 4. The Hall–Kier alpha value is -2.17. The first-order chi connectivity index (χ1) is 8.24. The molecule has 5 nitrogen and oxygen atoms in total. The van der Waals surface area contributed by atoms with Crippen LogP contribution in [0, 0.1) is 6.92 Å². The first-order valence-electron chi connectivity index (χ1n) is 5.44. The highest BCUT2D eigenvalue weighted by atomic mass is 16.1. The average molecular weight is 230 g/mol. The first-order valence-corrected chi connectivity index (χ1v) is 5.44. The predicted octanol–water partition coefficient (Wildman–Crippen LogP) is 1.62. The van der Waals surface area contributed by atoms with Gasteiger partial charge in [0.1, 0.15) is 5.82 Å². The third-order valence-corrected chi connectivity index (χ3v) is 2.31. The number of nitrogens with one attached hydrogen (secondary N) is 1. The van der Waals surface area contributed by atoms with Crippen LogP contribution in [0.5, 0.6) is 0 Å². The summed E-state index contributed by atoms with van der Waals surface area (Å²) in [6.45, 7) is 2.53. The molecule has 2 aromatic heterocycles. The smallest absolute Gasteiger partial charge is 0.227 e. The van der Waals surface area contributed by atoms with Crippen molar-refractivity contribution >= 4 is 11.7 Å². The van der Waals surface area contributed by atoms with E-state index in [1.54, 1.807) is 17.1 Å². The lowest BCUT2D eigenvalue weighted by atomic mass is 10.3. The molecule has 0 unspecified atom stereocenters. The van der Waals surface area contributed by atoms with Gasteiger partial charge < -0.3 is 5.32 Å². The second-order valence-electron chi connectivity index (χ2n) is 3.79. The van der Waals surface area contributed by atoms with Crippen molar-refractivity contribution in [2.75, 3.05) is 5.32 Å². The molecule has 0 saturated heterocycles. The number of hydrogen-bond acceptors (Lipinski definition) is 3. The van der Waals surface area contributed by atoms with Crippen molar-refractivity contribution in [2.45, 2.75) is 19.9 Å². The number of hydrogen-bond donors (Lipinski definition) is 1. The number of aryl methyl sites for hydroxylation is 2. The van der Waals surface area contributed by atoms with E-state index in [0.717, 1.165) is 5.56 Å². The highest BCUT2D eigenvalue weighted by Crippen LogP contribution is 2.05. The molecule has 88 valence electrons. The van der Waals surface area contributed by atoms with Crippen molar-refractivity contribution in [3.05, 3.63) is 42.4 Å². The van der Waals surface area contributed by atoms with Gasteiger partial charge in [-0.1, -0.05) is 0 Å². The summed E-state index contributed by atoms with van der Waals surface area (Å²) in [6.07, 6.45) is 5.59. The Morgan fingerprint density at radius 1 is 1.47 bits per heavy atom. The van der Waals surface area contributed by atoms with Crippen molar-refractivity contribution in [1.29, 1.82) is 0 Å². The molecule has 0 bridgehead atoms. The van der Waals surface area contributed by atoms with Gasteiger partial charge in [-0.3, -0.25) is 9.48 Å². The van der Waals surface area contributed by atoms with E-state index in [2.05, 4.69) is 15.4 Å². The highest BCUT2D eigenvalue weighted by Gasteiger charge is 2.03. The molecule has 0 saturated carbocycles. The van der Waals surface area contributed by atoms with Crippen LogP contribution in [0.25, 0.3) is 0 Å². The van der Waals surface area contributed by atoms with Crippen LogP contribution < -0.4 is 5.32 Å². The van der Waals surface area contributed by atoms with E-state index in [-0.39, 0.29) is 5.91 Å². The lowest BCUT2D eigenvalue weighted by Crippen LogP contribution is -2.15. The maximum absolute atomic E-state index is 11.6. The Morgan fingerprint density at radius 3 is 3.06 bits per heavy atom. The van der Waals surface area contributed by atoms with E-state index >= 15 is 0 Å². The molecule has 0 aromatic carbocycles. The molecule has 0 radical (unpaired) electrons. The number of carbonyl (C=O) groups excluding carboxylic acids is 1. The molecule has 1 amide bonds. The Labute approximate surface area is 99.5 Å². The summed E-state index contributed by atoms with van der Waals surface area (Å²) in [5.74, 6) is 0.536. The van der Waals surface area contributed by atoms with Crippen molar-refractivity contribution in [3.63, 3.8) is 0 Å². The molecule has 5 heteroatoms. The molecular weight excluding hydrogens is 216 g/mol. The average Bonchev–Trinajstić information content (AvgIpc) is 2.79. The number of amides is 1. The SMILES string of the molecule is Cc1ccnc(NC(=O)CCn2cccn2)c1. The van der Waals surface area contributed by atoms with E-state index in [9.17, 15) is 4.79 Å². The molecule has 0 aliphatic carbocycles. The zero-order chi connectivity index (χ0) is 12.1. The van der Waals surface area contributed by atoms with Gasteiger partial charge in [-0.25, -0.2) is 4.98 Å². The van der Waals surface area contributed by atoms with Crippen LogP contribution in [0.4, 0.5) is 5.82 Å². The quantitative estimate of drug-likeness (QED) is 0.868. The van der Waals surface area contributed by atoms with Gasteiger partial charge in [0.25, 0.3) is 0 Å². The first kappa shape index (κ1) is 11.3. The van der Waals surface area contributed by atoms with Gasteiger partial charge in [-0.2, -0.15) is 5.10 Å². The number of aromatic nitrogens is 3. The fourth-order valence-corrected chi connectivity index (χ4v) is 1.46. The van der Waals surface area contributed by atoms with Crippen molar-refractivity contribution < 1.29 is 4.79 Å². The fourth-order valence-electron chi connectivity index (χ4n) is 1.46. The van der Waals surface area contributed by atoms with Crippen LogP contribution in [0.15, 0.2) is 36.8 Å². The van der Waals surface area contributed by atoms with Gasteiger partial charge in [-0.05, 0) is 30.7 Å². The van der Waals surface area contributed by atoms with Gasteiger partial charge >= 0.3 is 0 Å². The number of carbonyl (C=O) groups is 1. The molecule has 1 N–H and O–H groups in total. The molecule has 0 aliphatic rings. The second kappa shape index (κ2) is 5.25. The van der Waals surface area contributed by atoms with E-state index in [1.807, 2.05) is 31.3 Å². The minimum atomic E-state index is -0.0569. The van der Waals surface area contributed by atoms with Crippen LogP contribution in [-0.2, 0) is 11.3 Å². The summed E-state index contributed by atoms with van der Waals surface area (Å²) in [6, 6.07) is 5.56. The summed E-state index contributed by atoms with van der Waals surface area (Å²) in [5.41, 5.74) is 1.07. The highest BCUT2D eigenvalue weighted by molar-refractivity contribution is 5.89. The minimum Gasteiger partial charge on any atom is -0.311 e. The van der Waals surface area contributed by atoms with Gasteiger partial charge in [-0.15, -0.1) is 0 Å². The Kier molecular flexibility index (Phi) is 3.49. The van der Waals surface area contributed by atoms with Crippen LogP contribution in [0.1, 0.15) is 12.0 Å². The summed E-state index contributed by atoms with van der Waals surface area (Å²) in [7, 11) is 0. The third kappa shape index (κ3) is 3.41. The lowest BCUT2D eigenvalue weighted by Gasteiger charge is -2.05. The van der Waals surface area contributed by atoms with Gasteiger partial charge in [0.15, 0.2) is 0 Å². The molecule has 2 rings (SSSR count). The van der Waals surface area contributed by atoms with Gasteiger partial charge in [0, 0.05) is 31.6 Å². The monoisotopic (exact) mass is 230 g/mol. The van der Waals surface area contributed by atoms with Crippen LogP contribution >= 0.6 is 0 Å². The topological polar surface area (TPSA) is 59.8 Å². The maximum atomic E-state index is 11.6. The molecule has 0 atom stereocenters. The number of anilines is 1. The van der Waals surface area contributed by atoms with Crippen LogP contribution in [0.2, 0.25) is 0 Å².